The van der Waals surface area contributed by atoms with Crippen LogP contribution < -0.4 is 21.0 Å². The monoisotopic (exact) mass is 915 g/mol. The molecule has 68 heavy (non-hydrogen) atoms. The molecule has 8 aromatic carbocycles. The molecular weight excluding hydrogens is 864 g/mol. The molecule has 0 spiro atoms. The van der Waals surface area contributed by atoms with E-state index in [-0.39, 0.29) is 16.2 Å². The van der Waals surface area contributed by atoms with Crippen molar-refractivity contribution in [3.05, 3.63) is 155 Å². The molecule has 1 radical (unpaired) electrons. The van der Waals surface area contributed by atoms with E-state index in [1.165, 1.54) is 142 Å². The zero-order chi connectivity index (χ0) is 46.2. The van der Waals surface area contributed by atoms with Crippen molar-refractivity contribution in [1.82, 2.24) is 4.57 Å². The van der Waals surface area contributed by atoms with E-state index >= 15 is 0 Å². The highest BCUT2D eigenvalue weighted by atomic mass is 32.1. The van der Waals surface area contributed by atoms with Gasteiger partial charge >= 0.3 is 0 Å². The number of ether oxygens (including phenoxy) is 1. The smallest absolute Gasteiger partial charge is 0.197 e. The number of nitrogens with zero attached hydrogens (tertiary/aromatic N) is 1. The molecule has 0 bridgehead atoms. The lowest BCUT2D eigenvalue weighted by atomic mass is 9.58. The molecule has 11 aromatic rings. The zero-order valence-corrected chi connectivity index (χ0v) is 41.6. The molecule has 6 heteroatoms. The lowest BCUT2D eigenvalue weighted by Crippen LogP contribution is -2.37. The zero-order valence-electron chi connectivity index (χ0n) is 40.0. The largest absolute Gasteiger partial charge is 0.488 e. The van der Waals surface area contributed by atoms with Crippen molar-refractivity contribution in [2.75, 3.05) is 5.32 Å². The third-order valence-electron chi connectivity index (χ3n) is 16.0. The standard InChI is InChI=1S/C62H52BN2OS2/c1-33-23-44(39-28-54-42(26-49(39)64-36-19-17-35(18-20-36)60(2,3)4)41-25-46-47(29-55(41)68-54)62(7,8)22-21-61(46,5)6)58-59-57(33)45-24-40-37-14-10-9-13-34(37)32-66-52(40)31-50(45)65(59)51-27-43-38-15-11-12-16-53(38)67-56(43)30-48(51)63-58/h9-20,23-31,64H,21-22,32H2,1-8H3. The van der Waals surface area contributed by atoms with Gasteiger partial charge in [-0.15, -0.1) is 22.7 Å². The Bertz CT molecular complexity index is 4020. The van der Waals surface area contributed by atoms with Crippen LogP contribution in [-0.2, 0) is 22.9 Å². The SMILES string of the molecule is Cc1cc(-c2cc3sc4cc5c(cc4c3cc2Nc2ccc(C(C)(C)C)cc2)C(C)(C)CCC5(C)C)c2c3c1c1cc4c(cc1n3-c1cc3c(cc1[B]2)sc1ccccc13)OCc1ccccc1-4. The quantitative estimate of drug-likeness (QED) is 0.179. The van der Waals surface area contributed by atoms with Crippen molar-refractivity contribution in [2.24, 2.45) is 0 Å². The van der Waals surface area contributed by atoms with E-state index in [1.807, 2.05) is 22.7 Å². The van der Waals surface area contributed by atoms with Crippen LogP contribution in [-0.4, -0.2) is 11.8 Å². The van der Waals surface area contributed by atoms with Crippen LogP contribution >= 0.6 is 22.7 Å². The number of aryl methyl sites for hydroxylation is 1. The summed E-state index contributed by atoms with van der Waals surface area (Å²) >= 11 is 3.84. The van der Waals surface area contributed by atoms with Crippen LogP contribution in [0.25, 0.3) is 90.1 Å². The fourth-order valence-corrected chi connectivity index (χ4v) is 14.4. The van der Waals surface area contributed by atoms with Crippen LogP contribution in [0.3, 0.4) is 0 Å². The van der Waals surface area contributed by atoms with Gasteiger partial charge in [-0.1, -0.05) is 115 Å². The molecule has 1 aliphatic carbocycles. The van der Waals surface area contributed by atoms with Gasteiger partial charge in [-0.2, -0.15) is 0 Å². The van der Waals surface area contributed by atoms with Crippen molar-refractivity contribution in [3.8, 4) is 33.7 Å². The summed E-state index contributed by atoms with van der Waals surface area (Å²) in [7, 11) is 2.50. The van der Waals surface area contributed by atoms with E-state index in [9.17, 15) is 0 Å². The van der Waals surface area contributed by atoms with Gasteiger partial charge in [-0.3, -0.25) is 0 Å². The predicted molar refractivity (Wildman–Crippen MR) is 295 cm³/mol. The number of aromatic nitrogens is 1. The Morgan fingerprint density at radius 3 is 2.12 bits per heavy atom. The number of nitrogens with one attached hydrogen (secondary N) is 1. The highest BCUT2D eigenvalue weighted by molar-refractivity contribution is 7.26. The first-order valence-electron chi connectivity index (χ1n) is 24.3. The number of rotatable bonds is 3. The molecule has 0 fully saturated rings. The molecule has 3 aromatic heterocycles. The van der Waals surface area contributed by atoms with Gasteiger partial charge in [0.05, 0.1) is 5.52 Å². The van der Waals surface area contributed by atoms with Crippen molar-refractivity contribution >= 4 is 114 Å². The van der Waals surface area contributed by atoms with Crippen LogP contribution in [0.15, 0.2) is 127 Å². The number of fused-ring (bicyclic) bond motifs is 15. The fourth-order valence-electron chi connectivity index (χ4n) is 12.1. The number of hydrogen-bond donors (Lipinski definition) is 1. The molecule has 0 unspecified atom stereocenters. The third kappa shape index (κ3) is 5.83. The number of thiophene rings is 2. The summed E-state index contributed by atoms with van der Waals surface area (Å²) < 4.78 is 14.5. The first-order valence-corrected chi connectivity index (χ1v) is 25.9. The van der Waals surface area contributed by atoms with Gasteiger partial charge in [0.2, 0.25) is 0 Å². The Balaban J connectivity index is 1.06. The highest BCUT2D eigenvalue weighted by Gasteiger charge is 2.38. The van der Waals surface area contributed by atoms with Gasteiger partial charge < -0.3 is 14.6 Å². The Hall–Kier alpha value is -6.34. The van der Waals surface area contributed by atoms with Gasteiger partial charge in [0.25, 0.3) is 0 Å². The molecule has 14 rings (SSSR count). The Labute approximate surface area is 406 Å². The van der Waals surface area contributed by atoms with Crippen LogP contribution in [0.1, 0.15) is 89.1 Å². The van der Waals surface area contributed by atoms with Crippen molar-refractivity contribution in [1.29, 1.82) is 0 Å². The van der Waals surface area contributed by atoms with Crippen molar-refractivity contribution in [3.63, 3.8) is 0 Å². The molecule has 1 N–H and O–H groups in total. The number of anilines is 2. The molecule has 3 aliphatic rings. The van der Waals surface area contributed by atoms with Crippen LogP contribution in [0, 0.1) is 6.92 Å². The minimum atomic E-state index is 0.0655. The molecule has 0 atom stereocenters. The maximum absolute atomic E-state index is 6.62. The van der Waals surface area contributed by atoms with Crippen molar-refractivity contribution in [2.45, 2.75) is 91.1 Å². The second-order valence-corrected chi connectivity index (χ2v) is 24.5. The Kier molecular flexibility index (Phi) is 8.32. The lowest BCUT2D eigenvalue weighted by Gasteiger charge is -2.41. The summed E-state index contributed by atoms with van der Waals surface area (Å²) in [6.45, 7) is 19.5. The van der Waals surface area contributed by atoms with Gasteiger partial charge in [-0.05, 0) is 141 Å². The predicted octanol–water partition coefficient (Wildman–Crippen LogP) is 16.4. The molecule has 0 saturated heterocycles. The molecular formula is C62H52BN2OS2. The second kappa shape index (κ2) is 13.9. The number of benzene rings is 8. The first-order chi connectivity index (χ1) is 32.7. The maximum Gasteiger partial charge on any atom is 0.197 e. The third-order valence-corrected chi connectivity index (χ3v) is 18.3. The van der Waals surface area contributed by atoms with E-state index in [2.05, 4.69) is 200 Å². The Morgan fingerprint density at radius 1 is 0.618 bits per heavy atom. The van der Waals surface area contributed by atoms with Crippen LogP contribution in [0.2, 0.25) is 0 Å². The van der Waals surface area contributed by atoms with Gasteiger partial charge in [0.1, 0.15) is 12.4 Å². The summed E-state index contributed by atoms with van der Waals surface area (Å²) in [5, 5.41) is 11.9. The van der Waals surface area contributed by atoms with Gasteiger partial charge in [0.15, 0.2) is 7.28 Å². The first kappa shape index (κ1) is 40.7. The summed E-state index contributed by atoms with van der Waals surface area (Å²) in [5.74, 6) is 0.945. The molecule has 2 aliphatic heterocycles. The highest BCUT2D eigenvalue weighted by Crippen LogP contribution is 2.51. The maximum atomic E-state index is 6.62. The minimum absolute atomic E-state index is 0.0655. The van der Waals surface area contributed by atoms with E-state index in [4.69, 9.17) is 4.74 Å². The van der Waals surface area contributed by atoms with Crippen LogP contribution in [0.4, 0.5) is 11.4 Å². The molecule has 5 heterocycles. The normalized spacial score (nSPS) is 15.6. The summed E-state index contributed by atoms with van der Waals surface area (Å²) in [6.07, 6.45) is 2.40. The Morgan fingerprint density at radius 2 is 1.31 bits per heavy atom. The summed E-state index contributed by atoms with van der Waals surface area (Å²) in [4.78, 5) is 0. The van der Waals surface area contributed by atoms with E-state index in [1.54, 1.807) is 0 Å². The minimum Gasteiger partial charge on any atom is -0.488 e. The van der Waals surface area contributed by atoms with E-state index in [0.29, 0.717) is 6.61 Å². The lowest BCUT2D eigenvalue weighted by molar-refractivity contribution is 0.302. The van der Waals surface area contributed by atoms with Gasteiger partial charge in [0, 0.05) is 90.9 Å². The summed E-state index contributed by atoms with van der Waals surface area (Å²) in [6, 6.07) is 48.9. The van der Waals surface area contributed by atoms with Crippen LogP contribution in [0.5, 0.6) is 5.75 Å². The average molecular weight is 916 g/mol. The summed E-state index contributed by atoms with van der Waals surface area (Å²) in [5.41, 5.74) is 20.4. The van der Waals surface area contributed by atoms with E-state index in [0.717, 1.165) is 17.1 Å². The fraction of sp³-hybridized carbons (Fsp3) is 0.226. The van der Waals surface area contributed by atoms with E-state index < -0.39 is 0 Å². The molecule has 3 nitrogen and oxygen atoms in total. The topological polar surface area (TPSA) is 26.2 Å². The molecule has 331 valence electrons. The van der Waals surface area contributed by atoms with Crippen molar-refractivity contribution < 1.29 is 4.74 Å². The van der Waals surface area contributed by atoms with Gasteiger partial charge in [-0.25, -0.2) is 0 Å². The second-order valence-electron chi connectivity index (χ2n) is 22.3. The molecule has 0 saturated carbocycles. The number of hydrogen-bond acceptors (Lipinski definition) is 4. The average Bonchev–Trinajstić information content (AvgIpc) is 3.98. The molecule has 0 amide bonds.